The fourth-order valence-electron chi connectivity index (χ4n) is 7.80. The van der Waals surface area contributed by atoms with Crippen LogP contribution in [-0.4, -0.2) is 42.6 Å². The first-order valence-corrected chi connectivity index (χ1v) is 17.5. The number of carbonyl (C=O) groups excluding carboxylic acids is 1. The smallest absolute Gasteiger partial charge is 0.314 e. The van der Waals surface area contributed by atoms with Crippen molar-refractivity contribution in [3.63, 3.8) is 0 Å². The SMILES string of the molecule is CCCCCc1c(Cc2ccc(-c3ccccc3-c3nn[nH]n3)cc2)c(=O)n2n1C(C1(C(=O)OCCCC)CCCCC1)CCC2. The number of fused-ring (bicyclic) bond motifs is 1. The van der Waals surface area contributed by atoms with Gasteiger partial charge in [-0.25, -0.2) is 4.68 Å². The van der Waals surface area contributed by atoms with E-state index in [1.54, 1.807) is 0 Å². The maximum absolute atomic E-state index is 14.3. The van der Waals surface area contributed by atoms with Crippen molar-refractivity contribution < 1.29 is 9.53 Å². The minimum atomic E-state index is -0.565. The summed E-state index contributed by atoms with van der Waals surface area (Å²) in [6, 6.07) is 16.5. The minimum Gasteiger partial charge on any atom is -0.465 e. The largest absolute Gasteiger partial charge is 0.465 e. The fraction of sp³-hybridized carbons (Fsp3) is 0.541. The molecule has 1 saturated carbocycles. The third kappa shape index (κ3) is 6.33. The number of nitrogens with zero attached hydrogens (tertiary/aromatic N) is 5. The lowest BCUT2D eigenvalue weighted by Crippen LogP contribution is -2.47. The number of aromatic amines is 1. The van der Waals surface area contributed by atoms with Crippen molar-refractivity contribution >= 4 is 5.97 Å². The number of benzene rings is 2. The van der Waals surface area contributed by atoms with Gasteiger partial charge in [-0.2, -0.15) is 5.21 Å². The Balaban J connectivity index is 1.35. The first kappa shape index (κ1) is 32.0. The van der Waals surface area contributed by atoms with E-state index in [2.05, 4.69) is 69.5 Å². The summed E-state index contributed by atoms with van der Waals surface area (Å²) in [6.45, 7) is 5.51. The predicted molar refractivity (Wildman–Crippen MR) is 179 cm³/mol. The summed E-state index contributed by atoms with van der Waals surface area (Å²) in [5.41, 5.74) is 5.65. The zero-order valence-corrected chi connectivity index (χ0v) is 27.5. The van der Waals surface area contributed by atoms with E-state index in [0.717, 1.165) is 117 Å². The van der Waals surface area contributed by atoms with E-state index in [4.69, 9.17) is 4.74 Å². The van der Waals surface area contributed by atoms with Gasteiger partial charge in [0.25, 0.3) is 5.56 Å². The molecule has 0 radical (unpaired) electrons. The van der Waals surface area contributed by atoms with E-state index >= 15 is 0 Å². The molecule has 1 aliphatic heterocycles. The van der Waals surface area contributed by atoms with Gasteiger partial charge in [-0.15, -0.1) is 10.2 Å². The number of aromatic nitrogens is 6. The molecule has 244 valence electrons. The summed E-state index contributed by atoms with van der Waals surface area (Å²) in [7, 11) is 0. The van der Waals surface area contributed by atoms with Crippen molar-refractivity contribution in [2.45, 2.75) is 116 Å². The molecule has 2 aromatic heterocycles. The molecule has 0 saturated heterocycles. The second-order valence-electron chi connectivity index (χ2n) is 13.2. The monoisotopic (exact) mass is 624 g/mol. The summed E-state index contributed by atoms with van der Waals surface area (Å²) in [5, 5.41) is 14.7. The molecule has 1 atom stereocenters. The van der Waals surface area contributed by atoms with Crippen LogP contribution < -0.4 is 5.56 Å². The molecule has 4 aromatic rings. The highest BCUT2D eigenvalue weighted by Gasteiger charge is 2.50. The molecule has 1 N–H and O–H groups in total. The summed E-state index contributed by atoms with van der Waals surface area (Å²) in [4.78, 5) is 28.2. The predicted octanol–water partition coefficient (Wildman–Crippen LogP) is 7.45. The molecule has 2 aromatic carbocycles. The molecule has 3 heterocycles. The number of rotatable bonds is 13. The van der Waals surface area contributed by atoms with Gasteiger partial charge in [0.1, 0.15) is 0 Å². The molecule has 0 bridgehead atoms. The average Bonchev–Trinajstić information content (AvgIpc) is 3.73. The first-order chi connectivity index (χ1) is 22.6. The topological polar surface area (TPSA) is 108 Å². The van der Waals surface area contributed by atoms with Crippen LogP contribution in [0.4, 0.5) is 0 Å². The molecule has 0 amide bonds. The Labute approximate surface area is 271 Å². The number of nitrogens with one attached hydrogen (secondary N) is 1. The van der Waals surface area contributed by atoms with Crippen LogP contribution in [0.2, 0.25) is 0 Å². The molecule has 2 aliphatic rings. The number of H-pyrrole nitrogens is 1. The summed E-state index contributed by atoms with van der Waals surface area (Å²) in [5.74, 6) is 0.515. The third-order valence-electron chi connectivity index (χ3n) is 10.2. The molecular formula is C37H48N6O3. The van der Waals surface area contributed by atoms with Crippen molar-refractivity contribution in [1.29, 1.82) is 0 Å². The van der Waals surface area contributed by atoms with Gasteiger partial charge in [0.2, 0.25) is 5.82 Å². The van der Waals surface area contributed by atoms with Crippen molar-refractivity contribution in [3.05, 3.63) is 75.7 Å². The minimum absolute atomic E-state index is 0.0435. The Morgan fingerprint density at radius 2 is 1.72 bits per heavy atom. The van der Waals surface area contributed by atoms with Crippen LogP contribution in [0.25, 0.3) is 22.5 Å². The Morgan fingerprint density at radius 3 is 2.43 bits per heavy atom. The van der Waals surface area contributed by atoms with Crippen molar-refractivity contribution in [3.8, 4) is 22.5 Å². The normalized spacial score (nSPS) is 17.5. The Hall–Kier alpha value is -4.01. The molecule has 1 unspecified atom stereocenters. The van der Waals surface area contributed by atoms with Crippen LogP contribution in [0.1, 0.15) is 114 Å². The zero-order chi connectivity index (χ0) is 31.9. The molecule has 46 heavy (non-hydrogen) atoms. The lowest BCUT2D eigenvalue weighted by molar-refractivity contribution is -0.163. The number of carbonyl (C=O) groups is 1. The summed E-state index contributed by atoms with van der Waals surface area (Å²) >= 11 is 0. The van der Waals surface area contributed by atoms with Gasteiger partial charge in [-0.3, -0.25) is 14.3 Å². The van der Waals surface area contributed by atoms with E-state index in [0.29, 0.717) is 25.4 Å². The van der Waals surface area contributed by atoms with Crippen molar-refractivity contribution in [1.82, 2.24) is 30.0 Å². The van der Waals surface area contributed by atoms with Gasteiger partial charge in [-0.05, 0) is 66.8 Å². The number of ether oxygens (including phenoxy) is 1. The van der Waals surface area contributed by atoms with Crippen molar-refractivity contribution in [2.24, 2.45) is 5.41 Å². The number of tetrazole rings is 1. The van der Waals surface area contributed by atoms with Crippen LogP contribution in [0.15, 0.2) is 53.3 Å². The van der Waals surface area contributed by atoms with Gasteiger partial charge in [0.05, 0.1) is 18.1 Å². The number of hydrogen-bond donors (Lipinski definition) is 1. The van der Waals surface area contributed by atoms with Gasteiger partial charge in [-0.1, -0.05) is 101 Å². The molecular weight excluding hydrogens is 576 g/mol. The second kappa shape index (κ2) is 14.6. The van der Waals surface area contributed by atoms with Crippen LogP contribution >= 0.6 is 0 Å². The quantitative estimate of drug-likeness (QED) is 0.122. The zero-order valence-electron chi connectivity index (χ0n) is 27.5. The maximum atomic E-state index is 14.3. The highest BCUT2D eigenvalue weighted by molar-refractivity contribution is 5.80. The van der Waals surface area contributed by atoms with E-state index in [1.807, 2.05) is 22.9 Å². The Kier molecular flexibility index (Phi) is 10.1. The summed E-state index contributed by atoms with van der Waals surface area (Å²) < 4.78 is 10.3. The van der Waals surface area contributed by atoms with Gasteiger partial charge in [0, 0.05) is 29.8 Å². The lowest BCUT2D eigenvalue weighted by Gasteiger charge is -2.45. The molecule has 1 aliphatic carbocycles. The summed E-state index contributed by atoms with van der Waals surface area (Å²) in [6.07, 6.45) is 13.3. The fourth-order valence-corrected chi connectivity index (χ4v) is 7.80. The number of esters is 1. The molecule has 9 heteroatoms. The van der Waals surface area contributed by atoms with Gasteiger partial charge >= 0.3 is 5.97 Å². The van der Waals surface area contributed by atoms with Crippen LogP contribution in [0.5, 0.6) is 0 Å². The highest BCUT2D eigenvalue weighted by atomic mass is 16.5. The average molecular weight is 625 g/mol. The van der Waals surface area contributed by atoms with Gasteiger partial charge in [0.15, 0.2) is 0 Å². The number of hydrogen-bond acceptors (Lipinski definition) is 6. The van der Waals surface area contributed by atoms with E-state index in [1.165, 1.54) is 0 Å². The molecule has 0 spiro atoms. The van der Waals surface area contributed by atoms with Crippen molar-refractivity contribution in [2.75, 3.05) is 6.61 Å². The molecule has 9 nitrogen and oxygen atoms in total. The first-order valence-electron chi connectivity index (χ1n) is 17.5. The third-order valence-corrected chi connectivity index (χ3v) is 10.2. The standard InChI is InChI=1S/C37H48N6O3/c1-3-5-8-16-32-31(26-27-18-20-28(21-19-27)29-14-9-10-15-30(29)34-38-40-41-39-34)35(44)42-24-13-17-33(43(32)42)37(22-11-7-12-23-37)36(45)46-25-6-4-2/h9-10,14-15,18-21,33H,3-8,11-13,16-17,22-26H2,1-2H3,(H,38,39,40,41). The molecule has 6 rings (SSSR count). The van der Waals surface area contributed by atoms with E-state index in [-0.39, 0.29) is 17.6 Å². The number of unbranched alkanes of at least 4 members (excludes halogenated alkanes) is 3. The van der Waals surface area contributed by atoms with E-state index in [9.17, 15) is 9.59 Å². The van der Waals surface area contributed by atoms with Crippen LogP contribution in [0.3, 0.4) is 0 Å². The maximum Gasteiger partial charge on any atom is 0.314 e. The second-order valence-corrected chi connectivity index (χ2v) is 13.2. The lowest BCUT2D eigenvalue weighted by atomic mass is 9.67. The Bertz CT molecular complexity index is 1650. The Morgan fingerprint density at radius 1 is 0.957 bits per heavy atom. The van der Waals surface area contributed by atoms with Crippen LogP contribution in [0, 0.1) is 5.41 Å². The van der Waals surface area contributed by atoms with Gasteiger partial charge < -0.3 is 4.74 Å². The highest BCUT2D eigenvalue weighted by Crippen LogP contribution is 2.50. The van der Waals surface area contributed by atoms with E-state index < -0.39 is 5.41 Å². The molecule has 1 fully saturated rings. The van der Waals surface area contributed by atoms with Crippen LogP contribution in [-0.2, 0) is 28.9 Å².